The molecular weight excluding hydrogens is 172 g/mol. The molecule has 0 saturated heterocycles. The number of nitrogens with zero attached hydrogens (tertiary/aromatic N) is 1. The zero-order chi connectivity index (χ0) is 9.14. The number of dihydropyridines is 1. The number of allylic oxidation sites excluding steroid dienone is 2. The first-order chi connectivity index (χ1) is 5.63. The Labute approximate surface area is 77.5 Å². The summed E-state index contributed by atoms with van der Waals surface area (Å²) >= 11 is 4.21. The van der Waals surface area contributed by atoms with Gasteiger partial charge in [0, 0.05) is 19.7 Å². The lowest BCUT2D eigenvalue weighted by atomic mass is 10.2. The van der Waals surface area contributed by atoms with Gasteiger partial charge in [-0.05, 0) is 18.4 Å². The summed E-state index contributed by atoms with van der Waals surface area (Å²) < 4.78 is 0. The first-order valence-electron chi connectivity index (χ1n) is 3.65. The van der Waals surface area contributed by atoms with Crippen LogP contribution in [0.15, 0.2) is 23.9 Å². The summed E-state index contributed by atoms with van der Waals surface area (Å²) in [6.07, 6.45) is 5.34. The molecule has 0 aromatic carbocycles. The molecule has 12 heavy (non-hydrogen) atoms. The van der Waals surface area contributed by atoms with Gasteiger partial charge < -0.3 is 10.2 Å². The zero-order valence-electron chi connectivity index (χ0n) is 7.11. The number of hydrogen-bond acceptors (Lipinski definition) is 3. The van der Waals surface area contributed by atoms with Crippen molar-refractivity contribution in [3.8, 4) is 0 Å². The van der Waals surface area contributed by atoms with Gasteiger partial charge in [-0.2, -0.15) is 0 Å². The maximum absolute atomic E-state index is 11.4. The first-order valence-corrected chi connectivity index (χ1v) is 4.17. The molecule has 4 heteroatoms. The number of rotatable bonds is 1. The molecule has 1 rings (SSSR count). The molecule has 1 N–H and O–H groups in total. The normalized spacial score (nSPS) is 21.2. The third kappa shape index (κ3) is 1.82. The fourth-order valence-electron chi connectivity index (χ4n) is 0.926. The summed E-state index contributed by atoms with van der Waals surface area (Å²) in [6.45, 7) is 0. The van der Waals surface area contributed by atoms with Crippen LogP contribution in [-0.2, 0) is 4.79 Å². The maximum Gasteiger partial charge on any atom is 0.252 e. The minimum Gasteiger partial charge on any atom is -0.376 e. The molecule has 1 amide bonds. The molecule has 0 saturated carbocycles. The smallest absolute Gasteiger partial charge is 0.252 e. The van der Waals surface area contributed by atoms with E-state index < -0.39 is 0 Å². The second-order valence-electron chi connectivity index (χ2n) is 2.75. The first kappa shape index (κ1) is 9.19. The molecule has 0 bridgehead atoms. The number of carbonyl (C=O) groups excluding carboxylic acids is 1. The van der Waals surface area contributed by atoms with Crippen molar-refractivity contribution in [1.82, 2.24) is 10.2 Å². The van der Waals surface area contributed by atoms with Crippen molar-refractivity contribution in [2.45, 2.75) is 5.37 Å². The van der Waals surface area contributed by atoms with Crippen LogP contribution in [0.3, 0.4) is 0 Å². The van der Waals surface area contributed by atoms with Crippen LogP contribution in [0.25, 0.3) is 0 Å². The van der Waals surface area contributed by atoms with Gasteiger partial charge in [0.05, 0.1) is 0 Å². The molecule has 1 atom stereocenters. The quantitative estimate of drug-likeness (QED) is 0.577. The molecular formula is C8H12N2OS. The van der Waals surface area contributed by atoms with E-state index >= 15 is 0 Å². The van der Waals surface area contributed by atoms with E-state index in [2.05, 4.69) is 17.9 Å². The average molecular weight is 184 g/mol. The van der Waals surface area contributed by atoms with Gasteiger partial charge in [-0.3, -0.25) is 4.79 Å². The number of hydrogen-bond donors (Lipinski definition) is 2. The highest BCUT2D eigenvalue weighted by atomic mass is 32.1. The number of nitrogens with one attached hydrogen (secondary N) is 1. The molecule has 1 unspecified atom stereocenters. The maximum atomic E-state index is 11.4. The molecule has 1 aliphatic heterocycles. The van der Waals surface area contributed by atoms with Gasteiger partial charge in [0.25, 0.3) is 5.91 Å². The van der Waals surface area contributed by atoms with Gasteiger partial charge in [-0.25, -0.2) is 0 Å². The van der Waals surface area contributed by atoms with Crippen LogP contribution in [0, 0.1) is 0 Å². The standard InChI is InChI=1S/C8H12N2OS/c1-10(2)8(11)6-4-3-5-9-7(6)12/h3-5,7,9,12H,1-2H3. The Hall–Kier alpha value is -0.900. The van der Waals surface area contributed by atoms with E-state index in [-0.39, 0.29) is 11.3 Å². The van der Waals surface area contributed by atoms with Crippen molar-refractivity contribution in [2.75, 3.05) is 14.1 Å². The Morgan fingerprint density at radius 3 is 2.83 bits per heavy atom. The number of amides is 1. The second kappa shape index (κ2) is 3.67. The van der Waals surface area contributed by atoms with E-state index in [1.807, 2.05) is 0 Å². The third-order valence-corrected chi connectivity index (χ3v) is 2.00. The van der Waals surface area contributed by atoms with E-state index in [4.69, 9.17) is 0 Å². The molecule has 1 heterocycles. The van der Waals surface area contributed by atoms with Gasteiger partial charge in [0.1, 0.15) is 5.37 Å². The van der Waals surface area contributed by atoms with Crippen LogP contribution in [0.1, 0.15) is 0 Å². The van der Waals surface area contributed by atoms with Gasteiger partial charge in [0.2, 0.25) is 0 Å². The van der Waals surface area contributed by atoms with Crippen LogP contribution in [0.4, 0.5) is 0 Å². The summed E-state index contributed by atoms with van der Waals surface area (Å²) in [5.41, 5.74) is 0.672. The summed E-state index contributed by atoms with van der Waals surface area (Å²) in [5.74, 6) is -0.00755. The molecule has 0 aromatic heterocycles. The number of carbonyl (C=O) groups is 1. The summed E-state index contributed by atoms with van der Waals surface area (Å²) in [4.78, 5) is 13.0. The predicted molar refractivity (Wildman–Crippen MR) is 51.8 cm³/mol. The Balaban J connectivity index is 2.79. The SMILES string of the molecule is CN(C)C(=O)C1=CC=CNC1S. The van der Waals surface area contributed by atoms with Crippen LogP contribution >= 0.6 is 12.6 Å². The Bertz CT molecular complexity index is 245. The van der Waals surface area contributed by atoms with Crippen LogP contribution in [0.2, 0.25) is 0 Å². The van der Waals surface area contributed by atoms with E-state index in [1.165, 1.54) is 4.90 Å². The van der Waals surface area contributed by atoms with Crippen molar-refractivity contribution in [3.05, 3.63) is 23.9 Å². The van der Waals surface area contributed by atoms with Gasteiger partial charge in [-0.15, -0.1) is 12.6 Å². The number of thiol groups is 1. The minimum absolute atomic E-state index is 0.00755. The van der Waals surface area contributed by atoms with E-state index in [9.17, 15) is 4.79 Å². The zero-order valence-corrected chi connectivity index (χ0v) is 8.01. The second-order valence-corrected chi connectivity index (χ2v) is 3.27. The largest absolute Gasteiger partial charge is 0.376 e. The summed E-state index contributed by atoms with van der Waals surface area (Å²) in [5, 5.41) is 2.75. The highest BCUT2D eigenvalue weighted by Gasteiger charge is 2.18. The summed E-state index contributed by atoms with van der Waals surface area (Å²) in [7, 11) is 3.45. The Kier molecular flexibility index (Phi) is 2.81. The van der Waals surface area contributed by atoms with Crippen molar-refractivity contribution in [3.63, 3.8) is 0 Å². The molecule has 0 radical (unpaired) electrons. The molecule has 0 aromatic rings. The molecule has 0 spiro atoms. The van der Waals surface area contributed by atoms with Crippen molar-refractivity contribution >= 4 is 18.5 Å². The fraction of sp³-hybridized carbons (Fsp3) is 0.375. The fourth-order valence-corrected chi connectivity index (χ4v) is 1.21. The van der Waals surface area contributed by atoms with Gasteiger partial charge >= 0.3 is 0 Å². The summed E-state index contributed by atoms with van der Waals surface area (Å²) in [6, 6.07) is 0. The monoisotopic (exact) mass is 184 g/mol. The molecule has 0 aliphatic carbocycles. The molecule has 66 valence electrons. The van der Waals surface area contributed by atoms with Crippen molar-refractivity contribution < 1.29 is 4.79 Å². The minimum atomic E-state index is -0.190. The lowest BCUT2D eigenvalue weighted by Gasteiger charge is -2.20. The van der Waals surface area contributed by atoms with Gasteiger partial charge in [-0.1, -0.05) is 0 Å². The van der Waals surface area contributed by atoms with E-state index in [1.54, 1.807) is 32.4 Å². The Morgan fingerprint density at radius 1 is 1.67 bits per heavy atom. The van der Waals surface area contributed by atoms with Crippen LogP contribution < -0.4 is 5.32 Å². The predicted octanol–water partition coefficient (Wildman–Crippen LogP) is 0.374. The highest BCUT2D eigenvalue weighted by Crippen LogP contribution is 2.12. The number of likely N-dealkylation sites (N-methyl/N-ethyl adjacent to an activating group) is 1. The molecule has 1 aliphatic rings. The lowest BCUT2D eigenvalue weighted by Crippen LogP contribution is -2.33. The lowest BCUT2D eigenvalue weighted by molar-refractivity contribution is -0.124. The van der Waals surface area contributed by atoms with Crippen LogP contribution in [-0.4, -0.2) is 30.3 Å². The van der Waals surface area contributed by atoms with Gasteiger partial charge in [0.15, 0.2) is 0 Å². The molecule has 0 fully saturated rings. The van der Waals surface area contributed by atoms with Crippen LogP contribution in [0.5, 0.6) is 0 Å². The van der Waals surface area contributed by atoms with E-state index in [0.717, 1.165) is 0 Å². The van der Waals surface area contributed by atoms with Crippen molar-refractivity contribution in [2.24, 2.45) is 0 Å². The Morgan fingerprint density at radius 2 is 2.33 bits per heavy atom. The van der Waals surface area contributed by atoms with E-state index in [0.29, 0.717) is 5.57 Å². The third-order valence-electron chi connectivity index (χ3n) is 1.57. The van der Waals surface area contributed by atoms with Crippen molar-refractivity contribution in [1.29, 1.82) is 0 Å². The average Bonchev–Trinajstić information content (AvgIpc) is 2.04. The topological polar surface area (TPSA) is 32.3 Å². The molecule has 3 nitrogen and oxygen atoms in total. The highest BCUT2D eigenvalue weighted by molar-refractivity contribution is 7.81.